The molecule has 3 N–H and O–H groups in total. The normalized spacial score (nSPS) is 17.5. The highest BCUT2D eigenvalue weighted by Gasteiger charge is 2.37. The molecule has 0 bridgehead atoms. The number of allylic oxidation sites excluding steroid dienone is 1. The molecular formula is C32H47N3O6S3. The van der Waals surface area contributed by atoms with Crippen molar-refractivity contribution in [2.75, 3.05) is 6.26 Å². The third-order valence-corrected chi connectivity index (χ3v) is 11.0. The van der Waals surface area contributed by atoms with E-state index in [4.69, 9.17) is 0 Å². The quantitative estimate of drug-likeness (QED) is 0.152. The molecule has 0 radical (unpaired) electrons. The minimum Gasteiger partial charge on any atom is -0.285 e. The van der Waals surface area contributed by atoms with Crippen molar-refractivity contribution in [1.82, 2.24) is 14.2 Å². The van der Waals surface area contributed by atoms with Crippen LogP contribution in [0.25, 0.3) is 0 Å². The molecule has 0 heterocycles. The highest BCUT2D eigenvalue weighted by molar-refractivity contribution is 7.90. The largest absolute Gasteiger partial charge is 0.285 e. The highest BCUT2D eigenvalue weighted by atomic mass is 32.2. The molecule has 2 aromatic carbocycles. The number of hydrogen-bond donors (Lipinski definition) is 3. The maximum absolute atomic E-state index is 13.4. The van der Waals surface area contributed by atoms with E-state index in [0.29, 0.717) is 18.4 Å². The Bertz CT molecular complexity index is 1570. The summed E-state index contributed by atoms with van der Waals surface area (Å²) < 4.78 is 85.6. The van der Waals surface area contributed by atoms with Gasteiger partial charge >= 0.3 is 0 Å². The van der Waals surface area contributed by atoms with E-state index < -0.39 is 35.6 Å². The molecule has 0 saturated carbocycles. The maximum Gasteiger partial charge on any atom is 0.261 e. The zero-order chi connectivity index (χ0) is 32.1. The fraction of sp³-hybridized carbons (Fsp3) is 0.500. The van der Waals surface area contributed by atoms with Gasteiger partial charge in [-0.05, 0) is 30.2 Å². The molecule has 0 amide bonds. The fourth-order valence-corrected chi connectivity index (χ4v) is 8.70. The number of rotatable bonds is 20. The van der Waals surface area contributed by atoms with Crippen LogP contribution >= 0.6 is 0 Å². The number of unbranched alkanes of at least 4 members (excludes halogenated alkanes) is 9. The molecule has 1 aliphatic rings. The van der Waals surface area contributed by atoms with Gasteiger partial charge in [0.2, 0.25) is 20.0 Å². The van der Waals surface area contributed by atoms with Crippen LogP contribution in [0.4, 0.5) is 0 Å². The summed E-state index contributed by atoms with van der Waals surface area (Å²) in [5.74, 6) is -0.243. The van der Waals surface area contributed by atoms with Crippen LogP contribution in [0.15, 0.2) is 89.1 Å². The number of benzene rings is 2. The lowest BCUT2D eigenvalue weighted by Crippen LogP contribution is -2.50. The molecule has 44 heavy (non-hydrogen) atoms. The van der Waals surface area contributed by atoms with Crippen LogP contribution in [-0.2, 0) is 35.8 Å². The Balaban J connectivity index is 1.81. The predicted molar refractivity (Wildman–Crippen MR) is 177 cm³/mol. The van der Waals surface area contributed by atoms with Crippen LogP contribution in [0.3, 0.4) is 0 Å². The van der Waals surface area contributed by atoms with Gasteiger partial charge in [0.25, 0.3) is 10.0 Å². The van der Waals surface area contributed by atoms with E-state index in [1.54, 1.807) is 48.5 Å². The highest BCUT2D eigenvalue weighted by Crippen LogP contribution is 2.32. The van der Waals surface area contributed by atoms with E-state index in [9.17, 15) is 25.3 Å². The first kappa shape index (κ1) is 35.8. The third kappa shape index (κ3) is 12.4. The topological polar surface area (TPSA) is 139 Å². The zero-order valence-electron chi connectivity index (χ0n) is 25.8. The molecule has 12 heteroatoms. The molecule has 1 unspecified atom stereocenters. The molecule has 9 nitrogen and oxygen atoms in total. The van der Waals surface area contributed by atoms with Crippen LogP contribution in [0.2, 0.25) is 0 Å². The van der Waals surface area contributed by atoms with Gasteiger partial charge in [0.05, 0.1) is 33.8 Å². The zero-order valence-corrected chi connectivity index (χ0v) is 28.2. The SMILES string of the molecule is CCCCCCCCCCCCC1(NS(=O)(=O)Cc2ccccc2)C=CC(NS(=O)(=O)c2ccccc2)=C(NS(C)(=O)=O)C1. The number of nitrogens with one attached hydrogen (secondary N) is 3. The van der Waals surface area contributed by atoms with Crippen molar-refractivity contribution in [2.24, 2.45) is 0 Å². The molecular weight excluding hydrogens is 619 g/mol. The van der Waals surface area contributed by atoms with Gasteiger partial charge in [0.15, 0.2) is 0 Å². The summed E-state index contributed by atoms with van der Waals surface area (Å²) in [6.07, 6.45) is 15.6. The van der Waals surface area contributed by atoms with Crippen molar-refractivity contribution in [2.45, 2.75) is 100 Å². The Morgan fingerprint density at radius 2 is 1.25 bits per heavy atom. The van der Waals surface area contributed by atoms with E-state index in [1.807, 2.05) is 6.07 Å². The first-order chi connectivity index (χ1) is 20.8. The Morgan fingerprint density at radius 1 is 0.705 bits per heavy atom. The molecule has 0 spiro atoms. The average Bonchev–Trinajstić information content (AvgIpc) is 2.95. The lowest BCUT2D eigenvalue weighted by atomic mass is 9.84. The van der Waals surface area contributed by atoms with E-state index in [2.05, 4.69) is 21.1 Å². The van der Waals surface area contributed by atoms with Gasteiger partial charge < -0.3 is 0 Å². The molecule has 0 aliphatic heterocycles. The molecule has 0 fully saturated rings. The van der Waals surface area contributed by atoms with Gasteiger partial charge in [0, 0.05) is 6.42 Å². The first-order valence-electron chi connectivity index (χ1n) is 15.4. The second kappa shape index (κ2) is 16.6. The summed E-state index contributed by atoms with van der Waals surface area (Å²) >= 11 is 0. The summed E-state index contributed by atoms with van der Waals surface area (Å²) in [6.45, 7) is 2.20. The summed E-state index contributed by atoms with van der Waals surface area (Å²) in [5.41, 5.74) is -0.415. The smallest absolute Gasteiger partial charge is 0.261 e. The van der Waals surface area contributed by atoms with Gasteiger partial charge in [0.1, 0.15) is 0 Å². The molecule has 1 aliphatic carbocycles. The second-order valence-electron chi connectivity index (χ2n) is 11.6. The lowest BCUT2D eigenvalue weighted by Gasteiger charge is -2.36. The Labute approximate surface area is 264 Å². The van der Waals surface area contributed by atoms with E-state index >= 15 is 0 Å². The van der Waals surface area contributed by atoms with Crippen molar-refractivity contribution >= 4 is 30.1 Å². The minimum atomic E-state index is -4.03. The van der Waals surface area contributed by atoms with Crippen LogP contribution < -0.4 is 14.2 Å². The van der Waals surface area contributed by atoms with Gasteiger partial charge in [-0.15, -0.1) is 0 Å². The average molecular weight is 666 g/mol. The summed E-state index contributed by atoms with van der Waals surface area (Å²) in [7, 11) is -11.7. The number of hydrogen-bond acceptors (Lipinski definition) is 6. The Hall–Kier alpha value is -2.67. The van der Waals surface area contributed by atoms with E-state index in [1.165, 1.54) is 56.7 Å². The van der Waals surface area contributed by atoms with E-state index in [-0.39, 0.29) is 28.5 Å². The molecule has 2 aromatic rings. The van der Waals surface area contributed by atoms with Crippen molar-refractivity contribution in [1.29, 1.82) is 0 Å². The first-order valence-corrected chi connectivity index (χ1v) is 20.4. The maximum atomic E-state index is 13.4. The summed E-state index contributed by atoms with van der Waals surface area (Å²) in [5, 5.41) is 0. The van der Waals surface area contributed by atoms with Crippen LogP contribution in [0.1, 0.15) is 89.5 Å². The van der Waals surface area contributed by atoms with E-state index in [0.717, 1.165) is 25.5 Å². The second-order valence-corrected chi connectivity index (χ2v) is 16.8. The molecule has 0 aromatic heterocycles. The monoisotopic (exact) mass is 665 g/mol. The molecule has 1 atom stereocenters. The van der Waals surface area contributed by atoms with Crippen molar-refractivity contribution in [3.05, 3.63) is 89.8 Å². The van der Waals surface area contributed by atoms with Crippen LogP contribution in [-0.4, -0.2) is 37.0 Å². The van der Waals surface area contributed by atoms with Gasteiger partial charge in [-0.1, -0.05) is 126 Å². The Kier molecular flexibility index (Phi) is 13.5. The summed E-state index contributed by atoms with van der Waals surface area (Å²) in [6, 6.07) is 16.6. The van der Waals surface area contributed by atoms with Crippen LogP contribution in [0.5, 0.6) is 0 Å². The van der Waals surface area contributed by atoms with Crippen molar-refractivity contribution in [3.63, 3.8) is 0 Å². The van der Waals surface area contributed by atoms with Gasteiger partial charge in [-0.2, -0.15) is 0 Å². The lowest BCUT2D eigenvalue weighted by molar-refractivity contribution is 0.396. The fourth-order valence-electron chi connectivity index (χ4n) is 5.39. The predicted octanol–water partition coefficient (Wildman–Crippen LogP) is 5.86. The minimum absolute atomic E-state index is 0.0189. The van der Waals surface area contributed by atoms with Crippen molar-refractivity contribution < 1.29 is 25.3 Å². The molecule has 3 rings (SSSR count). The number of sulfonamides is 3. The summed E-state index contributed by atoms with van der Waals surface area (Å²) in [4.78, 5) is 0.0189. The third-order valence-electron chi connectivity index (χ3n) is 7.53. The molecule has 244 valence electrons. The standard InChI is InChI=1S/C32H47N3O6S3/c1-3-4-5-6-7-8-9-10-11-18-24-32(35-43(38,39)27-28-19-14-12-15-20-28)25-23-30(31(26-32)33-42(2,36)37)34-44(40,41)29-21-16-13-17-22-29/h12-17,19-23,25,33-35H,3-11,18,24,26-27H2,1-2H3. The van der Waals surface area contributed by atoms with Crippen molar-refractivity contribution in [3.8, 4) is 0 Å². The van der Waals surface area contributed by atoms with Gasteiger partial charge in [-0.25, -0.2) is 30.0 Å². The Morgan fingerprint density at radius 3 is 1.82 bits per heavy atom. The van der Waals surface area contributed by atoms with Crippen LogP contribution in [0, 0.1) is 0 Å². The molecule has 0 saturated heterocycles. The van der Waals surface area contributed by atoms with Gasteiger partial charge in [-0.3, -0.25) is 9.44 Å².